The van der Waals surface area contributed by atoms with Crippen molar-refractivity contribution in [2.45, 2.75) is 24.4 Å². The Morgan fingerprint density at radius 3 is 2.23 bits per heavy atom. The number of hydrogen-bond donors (Lipinski definition) is 0. The number of carbonyl (C=O) groups excluding carboxylic acids is 1. The maximum Gasteiger partial charge on any atom is 0.390 e. The number of sulfonamides is 1. The predicted octanol–water partition coefficient (Wildman–Crippen LogP) is 4.72. The first-order valence-electron chi connectivity index (χ1n) is 8.77. The highest BCUT2D eigenvalue weighted by Crippen LogP contribution is 2.27. The largest absolute Gasteiger partial charge is 0.390 e. The molecule has 0 N–H and O–H groups in total. The summed E-state index contributed by atoms with van der Waals surface area (Å²) < 4.78 is 77.4. The minimum Gasteiger partial charge on any atom is -0.339 e. The number of halogens is 5. The molecule has 11 heteroatoms. The average Bonchev–Trinajstić information content (AvgIpc) is 2.67. The smallest absolute Gasteiger partial charge is 0.339 e. The van der Waals surface area contributed by atoms with Gasteiger partial charge >= 0.3 is 6.18 Å². The molecule has 2 aromatic rings. The number of alkyl halides is 3. The fourth-order valence-electron chi connectivity index (χ4n) is 2.61. The molecule has 0 aliphatic rings. The monoisotopic (exact) mass is 466 g/mol. The number of carbonyl (C=O) groups is 1. The summed E-state index contributed by atoms with van der Waals surface area (Å²) in [4.78, 5) is 13.4. The van der Waals surface area contributed by atoms with Gasteiger partial charge in [0, 0.05) is 20.1 Å². The van der Waals surface area contributed by atoms with Gasteiger partial charge in [0.05, 0.1) is 27.6 Å². The average molecular weight is 467 g/mol. The van der Waals surface area contributed by atoms with Crippen LogP contribution in [0.4, 0.5) is 23.2 Å². The van der Waals surface area contributed by atoms with Crippen LogP contribution < -0.4 is 4.31 Å². The molecule has 0 atom stereocenters. The van der Waals surface area contributed by atoms with Crippen molar-refractivity contribution in [1.29, 1.82) is 0 Å². The molecule has 0 heterocycles. The van der Waals surface area contributed by atoms with E-state index in [1.807, 2.05) is 0 Å². The SMILES string of the molecule is CCN(CCC(F)(F)F)C(=O)c1cc(S(=O)(=O)N(C)c2ccc(F)cc2)ccc1Cl. The van der Waals surface area contributed by atoms with Crippen LogP contribution in [0.3, 0.4) is 0 Å². The third-order valence-corrected chi connectivity index (χ3v) is 6.46. The number of nitrogens with zero attached hydrogens (tertiary/aromatic N) is 2. The molecular weight excluding hydrogens is 448 g/mol. The van der Waals surface area contributed by atoms with Crippen LogP contribution in [0.2, 0.25) is 5.02 Å². The molecule has 0 aliphatic heterocycles. The van der Waals surface area contributed by atoms with Crippen LogP contribution in [0, 0.1) is 5.82 Å². The van der Waals surface area contributed by atoms with Crippen LogP contribution in [-0.4, -0.2) is 45.5 Å². The van der Waals surface area contributed by atoms with E-state index in [0.29, 0.717) is 0 Å². The van der Waals surface area contributed by atoms with Gasteiger partial charge in [-0.2, -0.15) is 13.2 Å². The Hall–Kier alpha value is -2.33. The van der Waals surface area contributed by atoms with E-state index in [-0.39, 0.29) is 27.7 Å². The van der Waals surface area contributed by atoms with E-state index >= 15 is 0 Å². The highest BCUT2D eigenvalue weighted by Gasteiger charge is 2.30. The molecule has 0 aromatic heterocycles. The second-order valence-electron chi connectivity index (χ2n) is 6.34. The number of hydrogen-bond acceptors (Lipinski definition) is 3. The molecule has 0 unspecified atom stereocenters. The molecule has 30 heavy (non-hydrogen) atoms. The van der Waals surface area contributed by atoms with Gasteiger partial charge in [-0.25, -0.2) is 12.8 Å². The van der Waals surface area contributed by atoms with Gasteiger partial charge in [-0.15, -0.1) is 0 Å². The number of benzene rings is 2. The van der Waals surface area contributed by atoms with Gasteiger partial charge in [-0.05, 0) is 49.4 Å². The van der Waals surface area contributed by atoms with E-state index in [2.05, 4.69) is 0 Å². The lowest BCUT2D eigenvalue weighted by atomic mass is 10.2. The van der Waals surface area contributed by atoms with Crippen LogP contribution in [0.25, 0.3) is 0 Å². The maximum atomic E-state index is 13.1. The first-order valence-corrected chi connectivity index (χ1v) is 10.6. The van der Waals surface area contributed by atoms with Gasteiger partial charge in [0.25, 0.3) is 15.9 Å². The highest BCUT2D eigenvalue weighted by atomic mass is 35.5. The van der Waals surface area contributed by atoms with Gasteiger partial charge in [0.1, 0.15) is 5.82 Å². The topological polar surface area (TPSA) is 57.7 Å². The van der Waals surface area contributed by atoms with Crippen LogP contribution in [0.1, 0.15) is 23.7 Å². The van der Waals surface area contributed by atoms with Gasteiger partial charge in [-0.1, -0.05) is 11.6 Å². The normalized spacial score (nSPS) is 12.0. The van der Waals surface area contributed by atoms with Gasteiger partial charge in [-0.3, -0.25) is 9.10 Å². The van der Waals surface area contributed by atoms with Crippen LogP contribution in [0.5, 0.6) is 0 Å². The zero-order valence-electron chi connectivity index (χ0n) is 16.1. The molecule has 2 rings (SSSR count). The second-order valence-corrected chi connectivity index (χ2v) is 8.72. The molecule has 0 spiro atoms. The summed E-state index contributed by atoms with van der Waals surface area (Å²) in [5.41, 5.74) is -0.0474. The summed E-state index contributed by atoms with van der Waals surface area (Å²) in [6.07, 6.45) is -5.64. The van der Waals surface area contributed by atoms with Crippen molar-refractivity contribution in [2.24, 2.45) is 0 Å². The van der Waals surface area contributed by atoms with Gasteiger partial charge in [0.2, 0.25) is 0 Å². The molecule has 0 saturated carbocycles. The first-order chi connectivity index (χ1) is 13.9. The molecule has 0 saturated heterocycles. The minimum absolute atomic E-state index is 0.0162. The lowest BCUT2D eigenvalue weighted by Crippen LogP contribution is -2.34. The molecule has 164 valence electrons. The fourth-order valence-corrected chi connectivity index (χ4v) is 4.03. The van der Waals surface area contributed by atoms with E-state index in [4.69, 9.17) is 11.6 Å². The second kappa shape index (κ2) is 9.22. The standard InChI is InChI=1S/C19H19ClF4N2O3S/c1-3-26(11-10-19(22,23)24)18(27)16-12-15(8-9-17(16)20)30(28,29)25(2)14-6-4-13(21)5-7-14/h4-9,12H,3,10-11H2,1-2H3. The van der Waals surface area contributed by atoms with Crippen molar-refractivity contribution in [2.75, 3.05) is 24.4 Å². The number of amides is 1. The minimum atomic E-state index is -4.44. The quantitative estimate of drug-likeness (QED) is 0.555. The van der Waals surface area contributed by atoms with Crippen LogP contribution in [-0.2, 0) is 10.0 Å². The summed E-state index contributed by atoms with van der Waals surface area (Å²) in [5, 5.41) is -0.0890. The highest BCUT2D eigenvalue weighted by molar-refractivity contribution is 7.92. The molecular formula is C19H19ClF4N2O3S. The summed E-state index contributed by atoms with van der Waals surface area (Å²) in [6.45, 7) is 0.907. The molecule has 2 aromatic carbocycles. The van der Waals surface area contributed by atoms with Crippen molar-refractivity contribution in [3.8, 4) is 0 Å². The molecule has 0 aliphatic carbocycles. The summed E-state index contributed by atoms with van der Waals surface area (Å²) >= 11 is 6.03. The van der Waals surface area contributed by atoms with Crippen molar-refractivity contribution < 1.29 is 30.8 Å². The van der Waals surface area contributed by atoms with E-state index in [0.717, 1.165) is 27.4 Å². The van der Waals surface area contributed by atoms with E-state index in [9.17, 15) is 30.8 Å². The Balaban J connectivity index is 2.37. The zero-order chi connectivity index (χ0) is 22.7. The van der Waals surface area contributed by atoms with Crippen molar-refractivity contribution in [3.63, 3.8) is 0 Å². The van der Waals surface area contributed by atoms with Crippen LogP contribution in [0.15, 0.2) is 47.4 Å². The molecule has 0 radical (unpaired) electrons. The van der Waals surface area contributed by atoms with Gasteiger partial charge in [0.15, 0.2) is 0 Å². The van der Waals surface area contributed by atoms with Crippen molar-refractivity contribution in [1.82, 2.24) is 4.90 Å². The van der Waals surface area contributed by atoms with E-state index < -0.39 is 40.9 Å². The Morgan fingerprint density at radius 2 is 1.70 bits per heavy atom. The maximum absolute atomic E-state index is 13.1. The van der Waals surface area contributed by atoms with Crippen molar-refractivity contribution >= 4 is 33.2 Å². The van der Waals surface area contributed by atoms with Crippen molar-refractivity contribution in [3.05, 3.63) is 58.9 Å². The first kappa shape index (κ1) is 23.9. The Bertz CT molecular complexity index is 1010. The fraction of sp³-hybridized carbons (Fsp3) is 0.316. The number of anilines is 1. The van der Waals surface area contributed by atoms with Crippen LogP contribution >= 0.6 is 11.6 Å². The Morgan fingerprint density at radius 1 is 1.10 bits per heavy atom. The van der Waals surface area contributed by atoms with E-state index in [1.165, 1.54) is 38.2 Å². The summed E-state index contributed by atoms with van der Waals surface area (Å²) in [5.74, 6) is -1.35. The molecule has 5 nitrogen and oxygen atoms in total. The molecule has 1 amide bonds. The molecule has 0 bridgehead atoms. The zero-order valence-corrected chi connectivity index (χ0v) is 17.7. The Labute approximate surface area is 176 Å². The molecule has 0 fully saturated rings. The lowest BCUT2D eigenvalue weighted by Gasteiger charge is -2.23. The van der Waals surface area contributed by atoms with E-state index in [1.54, 1.807) is 0 Å². The predicted molar refractivity (Wildman–Crippen MR) is 106 cm³/mol. The summed E-state index contributed by atoms with van der Waals surface area (Å²) in [7, 11) is -2.89. The van der Waals surface area contributed by atoms with Gasteiger partial charge < -0.3 is 4.90 Å². The number of rotatable bonds is 7. The lowest BCUT2D eigenvalue weighted by molar-refractivity contribution is -0.136. The third kappa shape index (κ3) is 5.63. The third-order valence-electron chi connectivity index (χ3n) is 4.35. The Kier molecular flexibility index (Phi) is 7.36. The summed E-state index contributed by atoms with van der Waals surface area (Å²) in [6, 6.07) is 8.13.